The summed E-state index contributed by atoms with van der Waals surface area (Å²) in [5, 5.41) is 2.41. The molecule has 68 valence electrons. The Balaban J connectivity index is 1.97. The van der Waals surface area contributed by atoms with Crippen molar-refractivity contribution in [3.63, 3.8) is 0 Å². The Bertz CT molecular complexity index is 270. The molecule has 1 aromatic rings. The molecule has 0 unspecified atom stereocenters. The van der Waals surface area contributed by atoms with Gasteiger partial charge in [-0.25, -0.2) is 0 Å². The Labute approximate surface area is 83.0 Å². The maximum Gasteiger partial charge on any atom is 0.119 e. The van der Waals surface area contributed by atoms with Crippen molar-refractivity contribution >= 4 is 17.0 Å². The molecule has 0 aliphatic carbocycles. The fourth-order valence-corrected chi connectivity index (χ4v) is 3.53. The van der Waals surface area contributed by atoms with E-state index in [1.165, 1.54) is 29.9 Å². The largest absolute Gasteiger partial charge is 0.119 e. The van der Waals surface area contributed by atoms with Crippen molar-refractivity contribution in [2.75, 3.05) is 11.5 Å². The topological polar surface area (TPSA) is 0 Å². The van der Waals surface area contributed by atoms with Gasteiger partial charge in [-0.3, -0.25) is 0 Å². The van der Waals surface area contributed by atoms with E-state index in [-0.39, 0.29) is 0 Å². The van der Waals surface area contributed by atoms with Crippen LogP contribution in [0.4, 0.5) is 0 Å². The van der Waals surface area contributed by atoms with Gasteiger partial charge < -0.3 is 0 Å². The van der Waals surface area contributed by atoms with Crippen LogP contribution in [0.15, 0.2) is 35.7 Å². The van der Waals surface area contributed by atoms with E-state index >= 15 is 0 Å². The van der Waals surface area contributed by atoms with Crippen LogP contribution in [0.5, 0.6) is 0 Å². The van der Waals surface area contributed by atoms with Gasteiger partial charge in [-0.05, 0) is 24.5 Å². The van der Waals surface area contributed by atoms with E-state index in [9.17, 15) is 0 Å². The van der Waals surface area contributed by atoms with Crippen LogP contribution in [-0.2, 0) is 10.9 Å². The molecule has 0 saturated carbocycles. The lowest BCUT2D eigenvalue weighted by atomic mass is 10.2. The smallest absolute Gasteiger partial charge is 0.0622 e. The van der Waals surface area contributed by atoms with Gasteiger partial charge >= 0.3 is 0 Å². The van der Waals surface area contributed by atoms with Crippen LogP contribution < -0.4 is 0 Å². The normalized spacial score (nSPS) is 18.5. The first-order chi connectivity index (χ1) is 6.45. The molecule has 0 atom stereocenters. The number of hydrogen-bond donors (Lipinski definition) is 0. The molecule has 0 amide bonds. The molecular weight excluding hydrogens is 176 g/mol. The summed E-state index contributed by atoms with van der Waals surface area (Å²) in [5.74, 6) is 2.84. The van der Waals surface area contributed by atoms with Gasteiger partial charge in [0.25, 0.3) is 0 Å². The first kappa shape index (κ1) is 8.89. The summed E-state index contributed by atoms with van der Waals surface area (Å²) >= 11 is 0. The molecule has 1 fully saturated rings. The molecule has 13 heavy (non-hydrogen) atoms. The van der Waals surface area contributed by atoms with Gasteiger partial charge in [0, 0.05) is 10.9 Å². The van der Waals surface area contributed by atoms with Gasteiger partial charge in [-0.15, -0.1) is 0 Å². The maximum atomic E-state index is 2.41. The zero-order chi connectivity index (χ0) is 8.93. The van der Waals surface area contributed by atoms with Crippen LogP contribution in [0.25, 0.3) is 6.08 Å². The van der Waals surface area contributed by atoms with Crippen LogP contribution in [-0.4, -0.2) is 11.5 Å². The van der Waals surface area contributed by atoms with Gasteiger partial charge in [0.15, 0.2) is 0 Å². The number of hydrogen-bond acceptors (Lipinski definition) is 0. The van der Waals surface area contributed by atoms with Crippen molar-refractivity contribution in [1.82, 2.24) is 0 Å². The predicted molar refractivity (Wildman–Crippen MR) is 61.8 cm³/mol. The lowest BCUT2D eigenvalue weighted by Gasteiger charge is -1.91. The third kappa shape index (κ3) is 2.63. The molecular formula is C12H15S+. The summed E-state index contributed by atoms with van der Waals surface area (Å²) in [7, 11) is 0.592. The Morgan fingerprint density at radius 1 is 1.00 bits per heavy atom. The SMILES string of the molecule is C(=C[S+]1CCCC1)c1ccccc1. The number of benzene rings is 1. The van der Waals surface area contributed by atoms with E-state index in [4.69, 9.17) is 0 Å². The molecule has 1 aliphatic heterocycles. The minimum atomic E-state index is 0.592. The third-order valence-corrected chi connectivity index (χ3v) is 4.46. The van der Waals surface area contributed by atoms with E-state index in [1.807, 2.05) is 0 Å². The average molecular weight is 191 g/mol. The maximum absolute atomic E-state index is 2.41. The van der Waals surface area contributed by atoms with Gasteiger partial charge in [-0.1, -0.05) is 30.3 Å². The standard InChI is InChI=1S/C12H15S/c1-2-6-12(7-3-1)8-11-13-9-4-5-10-13/h1-3,6-8,11H,4-5,9-10H2/q+1. The van der Waals surface area contributed by atoms with Crippen molar-refractivity contribution in [3.8, 4) is 0 Å². The highest BCUT2D eigenvalue weighted by Gasteiger charge is 2.20. The Morgan fingerprint density at radius 2 is 1.69 bits per heavy atom. The van der Waals surface area contributed by atoms with E-state index < -0.39 is 0 Å². The summed E-state index contributed by atoms with van der Waals surface area (Å²) in [4.78, 5) is 0. The highest BCUT2D eigenvalue weighted by molar-refractivity contribution is 7.99. The second-order valence-corrected chi connectivity index (χ2v) is 5.53. The van der Waals surface area contributed by atoms with E-state index in [2.05, 4.69) is 41.8 Å². The summed E-state index contributed by atoms with van der Waals surface area (Å²) in [6.45, 7) is 0. The van der Waals surface area contributed by atoms with Gasteiger partial charge in [0.2, 0.25) is 0 Å². The molecule has 0 aromatic heterocycles. The van der Waals surface area contributed by atoms with Crippen molar-refractivity contribution in [2.45, 2.75) is 12.8 Å². The first-order valence-corrected chi connectivity index (χ1v) is 6.47. The second-order valence-electron chi connectivity index (χ2n) is 3.37. The average Bonchev–Trinajstić information content (AvgIpc) is 2.69. The monoisotopic (exact) mass is 191 g/mol. The summed E-state index contributed by atoms with van der Waals surface area (Å²) in [5.41, 5.74) is 1.34. The van der Waals surface area contributed by atoms with Crippen LogP contribution in [0.2, 0.25) is 0 Å². The zero-order valence-electron chi connectivity index (χ0n) is 7.78. The Hall–Kier alpha value is -0.690. The number of rotatable bonds is 2. The van der Waals surface area contributed by atoms with E-state index in [0.29, 0.717) is 10.9 Å². The minimum Gasteiger partial charge on any atom is -0.0622 e. The fraction of sp³-hybridized carbons (Fsp3) is 0.333. The van der Waals surface area contributed by atoms with Crippen molar-refractivity contribution < 1.29 is 0 Å². The van der Waals surface area contributed by atoms with Gasteiger partial charge in [-0.2, -0.15) is 0 Å². The fourth-order valence-electron chi connectivity index (χ4n) is 1.55. The molecule has 1 heterocycles. The second kappa shape index (κ2) is 4.52. The third-order valence-electron chi connectivity index (χ3n) is 2.32. The Morgan fingerprint density at radius 3 is 2.38 bits per heavy atom. The van der Waals surface area contributed by atoms with Crippen molar-refractivity contribution in [2.24, 2.45) is 0 Å². The van der Waals surface area contributed by atoms with E-state index in [1.54, 1.807) is 0 Å². The zero-order valence-corrected chi connectivity index (χ0v) is 8.59. The molecule has 0 N–H and O–H groups in total. The minimum absolute atomic E-state index is 0.592. The lowest BCUT2D eigenvalue weighted by Crippen LogP contribution is -1.96. The molecule has 1 saturated heterocycles. The molecule has 0 spiro atoms. The van der Waals surface area contributed by atoms with Crippen molar-refractivity contribution in [1.29, 1.82) is 0 Å². The van der Waals surface area contributed by atoms with Gasteiger partial charge in [0.05, 0.1) is 0 Å². The molecule has 1 aliphatic rings. The summed E-state index contributed by atoms with van der Waals surface area (Å²) in [6, 6.07) is 10.6. The lowest BCUT2D eigenvalue weighted by molar-refractivity contribution is 0.949. The summed E-state index contributed by atoms with van der Waals surface area (Å²) in [6.07, 6.45) is 5.14. The van der Waals surface area contributed by atoms with Gasteiger partial charge in [0.1, 0.15) is 16.9 Å². The molecule has 0 bridgehead atoms. The van der Waals surface area contributed by atoms with Crippen LogP contribution >= 0.6 is 0 Å². The molecule has 2 rings (SSSR count). The van der Waals surface area contributed by atoms with Crippen LogP contribution in [0.1, 0.15) is 18.4 Å². The quantitative estimate of drug-likeness (QED) is 0.630. The predicted octanol–water partition coefficient (Wildman–Crippen LogP) is 3.07. The molecule has 1 heteroatoms. The molecule has 0 radical (unpaired) electrons. The Kier molecular flexibility index (Phi) is 3.09. The van der Waals surface area contributed by atoms with Crippen LogP contribution in [0.3, 0.4) is 0 Å². The van der Waals surface area contributed by atoms with E-state index in [0.717, 1.165) is 0 Å². The summed E-state index contributed by atoms with van der Waals surface area (Å²) < 4.78 is 0. The highest BCUT2D eigenvalue weighted by atomic mass is 32.2. The van der Waals surface area contributed by atoms with Crippen molar-refractivity contribution in [3.05, 3.63) is 41.3 Å². The van der Waals surface area contributed by atoms with Crippen LogP contribution in [0, 0.1) is 0 Å². The molecule has 1 aromatic carbocycles. The highest BCUT2D eigenvalue weighted by Crippen LogP contribution is 2.15. The molecule has 0 nitrogen and oxygen atoms in total. The first-order valence-electron chi connectivity index (χ1n) is 4.85.